The second kappa shape index (κ2) is 6.11. The van der Waals surface area contributed by atoms with Crippen LogP contribution in [0.15, 0.2) is 6.07 Å². The van der Waals surface area contributed by atoms with E-state index in [2.05, 4.69) is 5.43 Å². The Morgan fingerprint density at radius 1 is 1.71 bits per heavy atom. The largest absolute Gasteiger partial charge is 0.395 e. The zero-order valence-corrected chi connectivity index (χ0v) is 11.2. The molecule has 1 unspecified atom stereocenters. The van der Waals surface area contributed by atoms with Crippen LogP contribution in [0.5, 0.6) is 0 Å². The second-order valence-electron chi connectivity index (χ2n) is 4.11. The number of nitrogens with one attached hydrogen (secondary N) is 1. The minimum Gasteiger partial charge on any atom is -0.395 e. The van der Waals surface area contributed by atoms with Gasteiger partial charge in [-0.25, -0.2) is 5.84 Å². The van der Waals surface area contributed by atoms with Gasteiger partial charge in [0.25, 0.3) is 5.91 Å². The van der Waals surface area contributed by atoms with Crippen molar-refractivity contribution in [2.75, 3.05) is 13.7 Å². The molecule has 0 spiro atoms. The Balaban J connectivity index is 2.78. The highest BCUT2D eigenvalue weighted by Gasteiger charge is 2.14. The molecule has 1 amide bonds. The second-order valence-corrected chi connectivity index (χ2v) is 5.37. The van der Waals surface area contributed by atoms with E-state index in [9.17, 15) is 4.79 Å². The molecule has 1 aromatic rings. The first-order valence-electron chi connectivity index (χ1n) is 5.41. The number of aliphatic hydroxyl groups is 1. The molecule has 17 heavy (non-hydrogen) atoms. The average Bonchev–Trinajstić information content (AvgIpc) is 2.68. The van der Waals surface area contributed by atoms with Crippen LogP contribution in [-0.4, -0.2) is 35.6 Å². The van der Waals surface area contributed by atoms with Crippen LogP contribution < -0.4 is 11.3 Å². The van der Waals surface area contributed by atoms with E-state index in [1.54, 1.807) is 0 Å². The van der Waals surface area contributed by atoms with E-state index < -0.39 is 0 Å². The lowest BCUT2D eigenvalue weighted by Gasteiger charge is -2.22. The van der Waals surface area contributed by atoms with Crippen molar-refractivity contribution in [2.45, 2.75) is 26.4 Å². The van der Waals surface area contributed by atoms with E-state index in [1.807, 2.05) is 31.9 Å². The van der Waals surface area contributed by atoms with Crippen molar-refractivity contribution in [1.29, 1.82) is 0 Å². The molecule has 0 radical (unpaired) electrons. The molecule has 6 heteroatoms. The van der Waals surface area contributed by atoms with Gasteiger partial charge in [0.2, 0.25) is 0 Å². The number of hydrazine groups is 1. The van der Waals surface area contributed by atoms with Crippen molar-refractivity contribution >= 4 is 17.2 Å². The van der Waals surface area contributed by atoms with Gasteiger partial charge in [-0.3, -0.25) is 15.1 Å². The molecule has 1 atom stereocenters. The number of carbonyl (C=O) groups excluding carboxylic acids is 1. The van der Waals surface area contributed by atoms with Crippen molar-refractivity contribution < 1.29 is 9.90 Å². The molecule has 5 nitrogen and oxygen atoms in total. The lowest BCUT2D eigenvalue weighted by Crippen LogP contribution is -2.31. The summed E-state index contributed by atoms with van der Waals surface area (Å²) in [5.41, 5.74) is 3.22. The quantitative estimate of drug-likeness (QED) is 0.407. The van der Waals surface area contributed by atoms with Gasteiger partial charge >= 0.3 is 0 Å². The van der Waals surface area contributed by atoms with E-state index in [0.29, 0.717) is 11.4 Å². The van der Waals surface area contributed by atoms with E-state index in [1.165, 1.54) is 11.3 Å². The first-order chi connectivity index (χ1) is 7.99. The van der Waals surface area contributed by atoms with Crippen LogP contribution in [0.1, 0.15) is 27.0 Å². The van der Waals surface area contributed by atoms with Gasteiger partial charge in [0.15, 0.2) is 0 Å². The summed E-state index contributed by atoms with van der Waals surface area (Å²) < 4.78 is 0. The predicted molar refractivity (Wildman–Crippen MR) is 68.7 cm³/mol. The third kappa shape index (κ3) is 3.50. The molecule has 96 valence electrons. The third-order valence-corrected chi connectivity index (χ3v) is 3.90. The number of hydrogen-bond acceptors (Lipinski definition) is 5. The molecule has 1 rings (SSSR count). The van der Waals surface area contributed by atoms with Gasteiger partial charge in [0, 0.05) is 17.5 Å². The molecule has 4 N–H and O–H groups in total. The van der Waals surface area contributed by atoms with E-state index in [4.69, 9.17) is 10.9 Å². The number of amides is 1. The third-order valence-electron chi connectivity index (χ3n) is 2.81. The fourth-order valence-electron chi connectivity index (χ4n) is 1.42. The van der Waals surface area contributed by atoms with Gasteiger partial charge in [-0.2, -0.15) is 0 Å². The van der Waals surface area contributed by atoms with Crippen LogP contribution in [0.3, 0.4) is 0 Å². The highest BCUT2D eigenvalue weighted by Crippen LogP contribution is 2.23. The molecular weight excluding hydrogens is 238 g/mol. The number of rotatable bonds is 5. The molecule has 0 fully saturated rings. The van der Waals surface area contributed by atoms with Crippen molar-refractivity contribution in [1.82, 2.24) is 10.3 Å². The highest BCUT2D eigenvalue weighted by molar-refractivity contribution is 7.14. The molecule has 0 aliphatic rings. The lowest BCUT2D eigenvalue weighted by atomic mass is 10.2. The smallest absolute Gasteiger partial charge is 0.275 e. The highest BCUT2D eigenvalue weighted by atomic mass is 32.1. The maximum Gasteiger partial charge on any atom is 0.275 e. The van der Waals surface area contributed by atoms with Gasteiger partial charge in [-0.1, -0.05) is 0 Å². The summed E-state index contributed by atoms with van der Waals surface area (Å²) in [6.45, 7) is 4.76. The molecular formula is C11H19N3O2S. The van der Waals surface area contributed by atoms with Gasteiger partial charge in [0.05, 0.1) is 11.5 Å². The predicted octanol–water partition coefficient (Wildman–Crippen LogP) is 0.473. The number of nitrogens with zero attached hydrogens (tertiary/aromatic N) is 1. The number of hydrogen-bond donors (Lipinski definition) is 3. The van der Waals surface area contributed by atoms with E-state index >= 15 is 0 Å². The zero-order chi connectivity index (χ0) is 13.0. The number of carbonyl (C=O) groups is 1. The Labute approximate surface area is 105 Å². The molecule has 1 heterocycles. The Morgan fingerprint density at radius 3 is 2.88 bits per heavy atom. The number of likely N-dealkylation sites (N-methyl/N-ethyl adjacent to an activating group) is 1. The molecule has 1 aromatic heterocycles. The van der Waals surface area contributed by atoms with Crippen molar-refractivity contribution in [3.05, 3.63) is 21.4 Å². The Bertz CT molecular complexity index is 392. The van der Waals surface area contributed by atoms with E-state index in [-0.39, 0.29) is 18.6 Å². The number of aryl methyl sites for hydroxylation is 1. The summed E-state index contributed by atoms with van der Waals surface area (Å²) in [4.78, 5) is 15.1. The summed E-state index contributed by atoms with van der Waals surface area (Å²) in [6, 6.07) is 1.95. The monoisotopic (exact) mass is 257 g/mol. The zero-order valence-electron chi connectivity index (χ0n) is 10.4. The Kier molecular flexibility index (Phi) is 5.07. The molecule has 0 aliphatic carbocycles. The fourth-order valence-corrected chi connectivity index (χ4v) is 2.36. The molecule has 0 saturated carbocycles. The van der Waals surface area contributed by atoms with Gasteiger partial charge in [-0.05, 0) is 32.5 Å². The standard InChI is InChI=1S/C11H19N3O2S/c1-7(6-15)14(3)5-9-4-10(11(16)13-12)17-8(9)2/h4,7,15H,5-6,12H2,1-3H3,(H,13,16). The minimum atomic E-state index is -0.262. The van der Waals surface area contributed by atoms with Crippen LogP contribution in [0, 0.1) is 6.92 Å². The van der Waals surface area contributed by atoms with Crippen molar-refractivity contribution in [3.8, 4) is 0 Å². The first kappa shape index (κ1) is 14.1. The number of nitrogen functional groups attached to an aromatic ring is 1. The van der Waals surface area contributed by atoms with Crippen LogP contribution in [0.4, 0.5) is 0 Å². The Hall–Kier alpha value is -0.950. The maximum atomic E-state index is 11.4. The van der Waals surface area contributed by atoms with Crippen molar-refractivity contribution in [3.63, 3.8) is 0 Å². The number of nitrogens with two attached hydrogens (primary N) is 1. The van der Waals surface area contributed by atoms with Crippen LogP contribution >= 0.6 is 11.3 Å². The SMILES string of the molecule is Cc1sc(C(=O)NN)cc1CN(C)C(C)CO. The Morgan fingerprint density at radius 2 is 2.35 bits per heavy atom. The average molecular weight is 257 g/mol. The van der Waals surface area contributed by atoms with Gasteiger partial charge < -0.3 is 5.11 Å². The lowest BCUT2D eigenvalue weighted by molar-refractivity contribution is 0.0957. The molecule has 0 bridgehead atoms. The normalized spacial score (nSPS) is 12.8. The molecule has 0 aliphatic heterocycles. The topological polar surface area (TPSA) is 78.6 Å². The van der Waals surface area contributed by atoms with Crippen molar-refractivity contribution in [2.24, 2.45) is 5.84 Å². The first-order valence-corrected chi connectivity index (χ1v) is 6.22. The minimum absolute atomic E-state index is 0.0982. The van der Waals surface area contributed by atoms with E-state index in [0.717, 1.165) is 10.4 Å². The molecule has 0 aromatic carbocycles. The summed E-state index contributed by atoms with van der Waals surface area (Å²) in [7, 11) is 1.95. The molecule has 0 saturated heterocycles. The summed E-state index contributed by atoms with van der Waals surface area (Å²) in [6.07, 6.45) is 0. The summed E-state index contributed by atoms with van der Waals surface area (Å²) >= 11 is 1.43. The summed E-state index contributed by atoms with van der Waals surface area (Å²) in [5, 5.41) is 9.06. The summed E-state index contributed by atoms with van der Waals surface area (Å²) in [5.74, 6) is 4.84. The van der Waals surface area contributed by atoms with Crippen LogP contribution in [-0.2, 0) is 6.54 Å². The van der Waals surface area contributed by atoms with Gasteiger partial charge in [-0.15, -0.1) is 11.3 Å². The number of aliphatic hydroxyl groups excluding tert-OH is 1. The fraction of sp³-hybridized carbons (Fsp3) is 0.545. The van der Waals surface area contributed by atoms with Crippen LogP contribution in [0.2, 0.25) is 0 Å². The number of thiophene rings is 1. The van der Waals surface area contributed by atoms with Crippen LogP contribution in [0.25, 0.3) is 0 Å². The maximum absolute atomic E-state index is 11.4. The van der Waals surface area contributed by atoms with Gasteiger partial charge in [0.1, 0.15) is 0 Å².